The van der Waals surface area contributed by atoms with Crippen LogP contribution in [0, 0.1) is 11.3 Å². The smallest absolute Gasteiger partial charge is 0.121 e. The number of rotatable bonds is 5. The molecular formula is C14H13Cl2NO. The van der Waals surface area contributed by atoms with Crippen LogP contribution >= 0.6 is 23.2 Å². The molecule has 1 aromatic carbocycles. The average Bonchev–Trinajstić information content (AvgIpc) is 2.36. The maximum atomic E-state index is 8.75. The SMILES string of the molecule is CC(=CCOc1cccc(C#N)c1)CC=C(Cl)Cl. The second-order valence-corrected chi connectivity index (χ2v) is 4.71. The van der Waals surface area contributed by atoms with Crippen molar-refractivity contribution >= 4 is 23.2 Å². The quantitative estimate of drug-likeness (QED) is 0.740. The first-order valence-electron chi connectivity index (χ1n) is 5.41. The van der Waals surface area contributed by atoms with Gasteiger partial charge in [-0.3, -0.25) is 0 Å². The summed E-state index contributed by atoms with van der Waals surface area (Å²) in [4.78, 5) is 0. The first-order chi connectivity index (χ1) is 8.61. The topological polar surface area (TPSA) is 33.0 Å². The van der Waals surface area contributed by atoms with E-state index in [4.69, 9.17) is 33.2 Å². The van der Waals surface area contributed by atoms with Crippen LogP contribution in [0.4, 0.5) is 0 Å². The molecule has 0 atom stereocenters. The number of ether oxygens (including phenoxy) is 1. The molecule has 0 fully saturated rings. The zero-order chi connectivity index (χ0) is 13.4. The molecule has 0 saturated carbocycles. The Morgan fingerprint density at radius 1 is 1.39 bits per heavy atom. The summed E-state index contributed by atoms with van der Waals surface area (Å²) < 4.78 is 5.78. The zero-order valence-corrected chi connectivity index (χ0v) is 11.5. The number of allylic oxidation sites excluding steroid dienone is 2. The molecule has 0 aliphatic heterocycles. The van der Waals surface area contributed by atoms with Crippen LogP contribution in [-0.4, -0.2) is 6.61 Å². The lowest BCUT2D eigenvalue weighted by Gasteiger charge is -2.04. The van der Waals surface area contributed by atoms with E-state index in [9.17, 15) is 0 Å². The van der Waals surface area contributed by atoms with Crippen molar-refractivity contribution in [2.75, 3.05) is 6.61 Å². The summed E-state index contributed by atoms with van der Waals surface area (Å²) in [6.45, 7) is 2.43. The summed E-state index contributed by atoms with van der Waals surface area (Å²) in [5.41, 5.74) is 1.70. The normalized spacial score (nSPS) is 10.7. The van der Waals surface area contributed by atoms with Crippen LogP contribution < -0.4 is 4.74 Å². The number of nitrogens with zero attached hydrogens (tertiary/aromatic N) is 1. The van der Waals surface area contributed by atoms with Crippen LogP contribution in [0.15, 0.2) is 46.5 Å². The summed E-state index contributed by atoms with van der Waals surface area (Å²) in [6, 6.07) is 9.12. The lowest BCUT2D eigenvalue weighted by Crippen LogP contribution is -1.94. The molecule has 18 heavy (non-hydrogen) atoms. The molecular weight excluding hydrogens is 269 g/mol. The molecule has 0 radical (unpaired) electrons. The van der Waals surface area contributed by atoms with Crippen molar-refractivity contribution in [3.8, 4) is 11.8 Å². The van der Waals surface area contributed by atoms with Gasteiger partial charge in [-0.2, -0.15) is 5.26 Å². The maximum absolute atomic E-state index is 8.75. The Balaban J connectivity index is 2.48. The molecule has 2 nitrogen and oxygen atoms in total. The Morgan fingerprint density at radius 3 is 2.83 bits per heavy atom. The summed E-state index contributed by atoms with van der Waals surface area (Å²) in [5, 5.41) is 8.75. The number of hydrogen-bond acceptors (Lipinski definition) is 2. The fraction of sp³-hybridized carbons (Fsp3) is 0.214. The van der Waals surface area contributed by atoms with Crippen LogP contribution in [-0.2, 0) is 0 Å². The van der Waals surface area contributed by atoms with E-state index in [0.29, 0.717) is 24.3 Å². The molecule has 0 N–H and O–H groups in total. The molecule has 1 rings (SSSR count). The Morgan fingerprint density at radius 2 is 2.17 bits per heavy atom. The fourth-order valence-corrected chi connectivity index (χ4v) is 1.41. The van der Waals surface area contributed by atoms with Gasteiger partial charge < -0.3 is 4.74 Å². The van der Waals surface area contributed by atoms with Gasteiger partial charge in [-0.1, -0.05) is 40.9 Å². The van der Waals surface area contributed by atoms with Crippen molar-refractivity contribution in [1.29, 1.82) is 5.26 Å². The van der Waals surface area contributed by atoms with Crippen molar-refractivity contribution in [3.05, 3.63) is 52.0 Å². The molecule has 1 aromatic rings. The molecule has 0 spiro atoms. The van der Waals surface area contributed by atoms with Crippen LogP contribution in [0.1, 0.15) is 18.9 Å². The predicted molar refractivity (Wildman–Crippen MR) is 74.8 cm³/mol. The van der Waals surface area contributed by atoms with E-state index in [1.165, 1.54) is 0 Å². The van der Waals surface area contributed by atoms with Gasteiger partial charge in [-0.25, -0.2) is 0 Å². The molecule has 4 heteroatoms. The molecule has 94 valence electrons. The average molecular weight is 282 g/mol. The number of halogens is 2. The van der Waals surface area contributed by atoms with Crippen molar-refractivity contribution in [1.82, 2.24) is 0 Å². The van der Waals surface area contributed by atoms with Gasteiger partial charge in [0.2, 0.25) is 0 Å². The van der Waals surface area contributed by atoms with Crippen LogP contribution in [0.3, 0.4) is 0 Å². The monoisotopic (exact) mass is 281 g/mol. The minimum Gasteiger partial charge on any atom is -0.489 e. The van der Waals surface area contributed by atoms with Crippen molar-refractivity contribution < 1.29 is 4.74 Å². The third kappa shape index (κ3) is 5.77. The lowest BCUT2D eigenvalue weighted by molar-refractivity contribution is 0.361. The van der Waals surface area contributed by atoms with Crippen LogP contribution in [0.5, 0.6) is 5.75 Å². The second-order valence-electron chi connectivity index (χ2n) is 3.70. The summed E-state index contributed by atoms with van der Waals surface area (Å²) in [7, 11) is 0. The van der Waals surface area contributed by atoms with Crippen molar-refractivity contribution in [2.45, 2.75) is 13.3 Å². The van der Waals surface area contributed by atoms with Crippen molar-refractivity contribution in [3.63, 3.8) is 0 Å². The zero-order valence-electron chi connectivity index (χ0n) is 9.99. The summed E-state index contributed by atoms with van der Waals surface area (Å²) in [6.07, 6.45) is 4.38. The number of hydrogen-bond donors (Lipinski definition) is 0. The van der Waals surface area contributed by atoms with E-state index in [1.54, 1.807) is 24.3 Å². The van der Waals surface area contributed by atoms with Gasteiger partial charge in [0.15, 0.2) is 0 Å². The maximum Gasteiger partial charge on any atom is 0.121 e. The highest BCUT2D eigenvalue weighted by atomic mass is 35.5. The molecule has 0 unspecified atom stereocenters. The Bertz CT molecular complexity index is 497. The predicted octanol–water partition coefficient (Wildman–Crippen LogP) is 4.59. The largest absolute Gasteiger partial charge is 0.489 e. The van der Waals surface area contributed by atoms with E-state index >= 15 is 0 Å². The van der Waals surface area contributed by atoms with E-state index in [2.05, 4.69) is 6.07 Å². The van der Waals surface area contributed by atoms with Gasteiger partial charge in [0.1, 0.15) is 16.8 Å². The number of nitriles is 1. The molecule has 0 saturated heterocycles. The highest BCUT2D eigenvalue weighted by Crippen LogP contribution is 2.14. The highest BCUT2D eigenvalue weighted by Gasteiger charge is 1.95. The fourth-order valence-electron chi connectivity index (χ4n) is 1.26. The van der Waals surface area contributed by atoms with Crippen LogP contribution in [0.2, 0.25) is 0 Å². The minimum atomic E-state index is 0.269. The van der Waals surface area contributed by atoms with Gasteiger partial charge >= 0.3 is 0 Å². The van der Waals surface area contributed by atoms with Gasteiger partial charge in [0.05, 0.1) is 11.6 Å². The number of benzene rings is 1. The summed E-state index contributed by atoms with van der Waals surface area (Å²) >= 11 is 11.0. The van der Waals surface area contributed by atoms with E-state index in [-0.39, 0.29) is 4.49 Å². The molecule has 0 amide bonds. The van der Waals surface area contributed by atoms with E-state index in [1.807, 2.05) is 19.1 Å². The lowest BCUT2D eigenvalue weighted by atomic mass is 10.2. The van der Waals surface area contributed by atoms with Gasteiger partial charge in [0.25, 0.3) is 0 Å². The third-order valence-electron chi connectivity index (χ3n) is 2.22. The molecule has 0 aromatic heterocycles. The Labute approximate surface area is 117 Å². The van der Waals surface area contributed by atoms with Gasteiger partial charge in [0, 0.05) is 0 Å². The molecule has 0 aliphatic carbocycles. The molecule has 0 aliphatic rings. The molecule has 0 bridgehead atoms. The highest BCUT2D eigenvalue weighted by molar-refractivity contribution is 6.55. The van der Waals surface area contributed by atoms with Gasteiger partial charge in [-0.15, -0.1) is 0 Å². The Hall–Kier alpha value is -1.43. The minimum absolute atomic E-state index is 0.269. The van der Waals surface area contributed by atoms with Crippen molar-refractivity contribution in [2.24, 2.45) is 0 Å². The van der Waals surface area contributed by atoms with E-state index in [0.717, 1.165) is 5.57 Å². The summed E-state index contributed by atoms with van der Waals surface area (Å²) in [5.74, 6) is 0.684. The first kappa shape index (κ1) is 14.6. The Kier molecular flexibility index (Phi) is 6.35. The van der Waals surface area contributed by atoms with Gasteiger partial charge in [-0.05, 0) is 37.6 Å². The molecule has 0 heterocycles. The standard InChI is InChI=1S/C14H13Cl2NO/c1-11(5-6-14(15)16)7-8-18-13-4-2-3-12(9-13)10-17/h2-4,6-7,9H,5,8H2,1H3. The second kappa shape index (κ2) is 7.81. The first-order valence-corrected chi connectivity index (χ1v) is 6.17. The van der Waals surface area contributed by atoms with Crippen LogP contribution in [0.25, 0.3) is 0 Å². The third-order valence-corrected chi connectivity index (χ3v) is 2.53. The van der Waals surface area contributed by atoms with E-state index < -0.39 is 0 Å².